The Morgan fingerprint density at radius 1 is 1.10 bits per heavy atom. The lowest BCUT2D eigenvalue weighted by Crippen LogP contribution is -2.43. The largest absolute Gasteiger partial charge is 0.480 e. The maximum atomic E-state index is 12.6. The molecule has 1 aliphatic rings. The Balaban J connectivity index is 1.67. The molecule has 1 aliphatic carbocycles. The highest BCUT2D eigenvalue weighted by Crippen LogP contribution is 2.44. The van der Waals surface area contributed by atoms with Crippen molar-refractivity contribution < 1.29 is 19.4 Å². The molecule has 0 saturated carbocycles. The number of carboxylic acid groups (broad SMARTS) is 1. The number of hydrogen-bond donors (Lipinski definition) is 1. The van der Waals surface area contributed by atoms with Crippen LogP contribution in [0.15, 0.2) is 48.5 Å². The van der Waals surface area contributed by atoms with E-state index in [2.05, 4.69) is 18.1 Å². The first-order valence-electron chi connectivity index (χ1n) is 9.78. The quantitative estimate of drug-likeness (QED) is 0.531. The molecule has 5 heteroatoms. The van der Waals surface area contributed by atoms with E-state index in [0.717, 1.165) is 28.7 Å². The minimum Gasteiger partial charge on any atom is -0.480 e. The number of benzene rings is 2. The minimum absolute atomic E-state index is 0.0568. The molecule has 150 valence electrons. The van der Waals surface area contributed by atoms with Crippen molar-refractivity contribution in [2.24, 2.45) is 0 Å². The second-order valence-electron chi connectivity index (χ2n) is 7.22. The summed E-state index contributed by atoms with van der Waals surface area (Å²) in [6, 6.07) is 15.2. The van der Waals surface area contributed by atoms with Crippen LogP contribution in [0.5, 0.6) is 0 Å². The lowest BCUT2D eigenvalue weighted by Gasteiger charge is -2.25. The van der Waals surface area contributed by atoms with Crippen molar-refractivity contribution in [3.05, 3.63) is 59.7 Å². The minimum atomic E-state index is -1.04. The van der Waals surface area contributed by atoms with Crippen molar-refractivity contribution in [3.8, 4) is 23.5 Å². The number of carbonyl (C=O) groups is 2. The van der Waals surface area contributed by atoms with Gasteiger partial charge < -0.3 is 9.84 Å². The van der Waals surface area contributed by atoms with E-state index in [0.29, 0.717) is 19.3 Å². The van der Waals surface area contributed by atoms with Gasteiger partial charge in [0.25, 0.3) is 0 Å². The highest BCUT2D eigenvalue weighted by atomic mass is 16.6. The van der Waals surface area contributed by atoms with Crippen molar-refractivity contribution >= 4 is 12.1 Å². The molecule has 29 heavy (non-hydrogen) atoms. The summed E-state index contributed by atoms with van der Waals surface area (Å²) in [6.07, 6.45) is 6.92. The normalized spacial score (nSPS) is 13.1. The van der Waals surface area contributed by atoms with Gasteiger partial charge in [0.15, 0.2) is 0 Å². The summed E-state index contributed by atoms with van der Waals surface area (Å²) in [4.78, 5) is 25.3. The van der Waals surface area contributed by atoms with E-state index in [1.807, 2.05) is 36.4 Å². The molecule has 0 unspecified atom stereocenters. The van der Waals surface area contributed by atoms with E-state index < -0.39 is 18.1 Å². The number of ether oxygens (including phenoxy) is 1. The Kier molecular flexibility index (Phi) is 6.56. The van der Waals surface area contributed by atoms with Crippen LogP contribution in [-0.4, -0.2) is 41.8 Å². The number of likely N-dealkylation sites (N-methyl/N-ethyl adjacent to an activating group) is 1. The van der Waals surface area contributed by atoms with Crippen molar-refractivity contribution in [1.29, 1.82) is 0 Å². The SMILES string of the molecule is C#CCCCC[C@@H](C(=O)O)N(C)C(=O)OCC1c2ccccc2-c2ccccc21. The zero-order valence-corrected chi connectivity index (χ0v) is 16.5. The Morgan fingerprint density at radius 3 is 2.24 bits per heavy atom. The molecule has 0 fully saturated rings. The number of fused-ring (bicyclic) bond motifs is 3. The fraction of sp³-hybridized carbons (Fsp3) is 0.333. The van der Waals surface area contributed by atoms with Gasteiger partial charge in [0.05, 0.1) is 0 Å². The van der Waals surface area contributed by atoms with Crippen LogP contribution >= 0.6 is 0 Å². The summed E-state index contributed by atoms with van der Waals surface area (Å²) < 4.78 is 5.55. The van der Waals surface area contributed by atoms with E-state index in [1.165, 1.54) is 11.9 Å². The number of hydrogen-bond acceptors (Lipinski definition) is 3. The van der Waals surface area contributed by atoms with Crippen LogP contribution in [0, 0.1) is 12.3 Å². The third kappa shape index (κ3) is 4.43. The van der Waals surface area contributed by atoms with Crippen molar-refractivity contribution in [2.75, 3.05) is 13.7 Å². The average molecular weight is 391 g/mol. The molecule has 2 aromatic rings. The zero-order valence-electron chi connectivity index (χ0n) is 16.5. The summed E-state index contributed by atoms with van der Waals surface area (Å²) >= 11 is 0. The van der Waals surface area contributed by atoms with Crippen LogP contribution in [0.25, 0.3) is 11.1 Å². The summed E-state index contributed by atoms with van der Waals surface area (Å²) in [7, 11) is 1.47. The van der Waals surface area contributed by atoms with Gasteiger partial charge >= 0.3 is 12.1 Å². The number of carbonyl (C=O) groups excluding carboxylic acids is 1. The number of nitrogens with zero attached hydrogens (tertiary/aromatic N) is 1. The third-order valence-electron chi connectivity index (χ3n) is 5.43. The first-order valence-corrected chi connectivity index (χ1v) is 9.78. The van der Waals surface area contributed by atoms with Crippen LogP contribution in [0.2, 0.25) is 0 Å². The number of aliphatic carboxylic acids is 1. The molecule has 0 heterocycles. The van der Waals surface area contributed by atoms with Crippen LogP contribution in [0.1, 0.15) is 42.7 Å². The molecular weight excluding hydrogens is 366 g/mol. The second kappa shape index (κ2) is 9.29. The molecule has 1 N–H and O–H groups in total. The van der Waals surface area contributed by atoms with Crippen LogP contribution in [0.3, 0.4) is 0 Å². The molecular formula is C24H25NO4. The van der Waals surface area contributed by atoms with Gasteiger partial charge in [-0.25, -0.2) is 9.59 Å². The first kappa shape index (κ1) is 20.5. The number of amides is 1. The molecule has 1 amide bonds. The first-order chi connectivity index (χ1) is 14.0. The highest BCUT2D eigenvalue weighted by molar-refractivity contribution is 5.81. The van der Waals surface area contributed by atoms with E-state index >= 15 is 0 Å². The van der Waals surface area contributed by atoms with Gasteiger partial charge in [0, 0.05) is 19.4 Å². The van der Waals surface area contributed by atoms with Gasteiger partial charge in [0.1, 0.15) is 12.6 Å². The van der Waals surface area contributed by atoms with Gasteiger partial charge in [-0.15, -0.1) is 12.3 Å². The molecule has 3 rings (SSSR count). The summed E-state index contributed by atoms with van der Waals surface area (Å²) in [5.41, 5.74) is 4.53. The van der Waals surface area contributed by atoms with Gasteiger partial charge in [-0.1, -0.05) is 48.5 Å². The van der Waals surface area contributed by atoms with Gasteiger partial charge in [-0.05, 0) is 41.5 Å². The molecule has 0 radical (unpaired) electrons. The summed E-state index contributed by atoms with van der Waals surface area (Å²) in [5, 5.41) is 9.50. The van der Waals surface area contributed by atoms with Gasteiger partial charge in [-0.2, -0.15) is 0 Å². The molecule has 0 bridgehead atoms. The molecule has 2 aromatic carbocycles. The monoisotopic (exact) mass is 391 g/mol. The summed E-state index contributed by atoms with van der Waals surface area (Å²) in [5.74, 6) is 1.44. The lowest BCUT2D eigenvalue weighted by atomic mass is 9.98. The Bertz CT molecular complexity index is 885. The van der Waals surface area contributed by atoms with E-state index in [1.54, 1.807) is 0 Å². The van der Waals surface area contributed by atoms with Crippen molar-refractivity contribution in [2.45, 2.75) is 37.6 Å². The van der Waals surface area contributed by atoms with E-state index in [-0.39, 0.29) is 12.5 Å². The lowest BCUT2D eigenvalue weighted by molar-refractivity contribution is -0.142. The van der Waals surface area contributed by atoms with Crippen LogP contribution in [0.4, 0.5) is 4.79 Å². The average Bonchev–Trinajstić information content (AvgIpc) is 3.05. The predicted octanol–water partition coefficient (Wildman–Crippen LogP) is 4.51. The van der Waals surface area contributed by atoms with Gasteiger partial charge in [-0.3, -0.25) is 4.90 Å². The molecule has 1 atom stereocenters. The topological polar surface area (TPSA) is 66.8 Å². The smallest absolute Gasteiger partial charge is 0.410 e. The molecule has 0 spiro atoms. The van der Waals surface area contributed by atoms with E-state index in [4.69, 9.17) is 11.2 Å². The number of terminal acetylenes is 1. The number of unbranched alkanes of at least 4 members (excludes halogenated alkanes) is 2. The standard InChI is InChI=1S/C24H25NO4/c1-3-4-5-6-15-22(23(26)27)25(2)24(28)29-16-21-19-13-9-7-11-17(19)18-12-8-10-14-20(18)21/h1,7-14,21-22H,4-6,15-16H2,2H3,(H,26,27)/t22-/m0/s1. The predicted molar refractivity (Wildman–Crippen MR) is 112 cm³/mol. The Hall–Kier alpha value is -3.26. The highest BCUT2D eigenvalue weighted by Gasteiger charge is 2.31. The molecule has 0 aromatic heterocycles. The fourth-order valence-corrected chi connectivity index (χ4v) is 3.87. The second-order valence-corrected chi connectivity index (χ2v) is 7.22. The van der Waals surface area contributed by atoms with Crippen molar-refractivity contribution in [3.63, 3.8) is 0 Å². The molecule has 5 nitrogen and oxygen atoms in total. The molecule has 0 saturated heterocycles. The van der Waals surface area contributed by atoms with E-state index in [9.17, 15) is 14.7 Å². The maximum absolute atomic E-state index is 12.6. The third-order valence-corrected chi connectivity index (χ3v) is 5.43. The van der Waals surface area contributed by atoms with Crippen molar-refractivity contribution in [1.82, 2.24) is 4.90 Å². The Morgan fingerprint density at radius 2 is 1.69 bits per heavy atom. The van der Waals surface area contributed by atoms with Crippen LogP contribution < -0.4 is 0 Å². The Labute approximate surface area is 171 Å². The fourth-order valence-electron chi connectivity index (χ4n) is 3.87. The zero-order chi connectivity index (χ0) is 20.8. The van der Waals surface area contributed by atoms with Crippen LogP contribution in [-0.2, 0) is 9.53 Å². The summed E-state index contributed by atoms with van der Waals surface area (Å²) in [6.45, 7) is 0.167. The molecule has 0 aliphatic heterocycles. The maximum Gasteiger partial charge on any atom is 0.410 e. The van der Waals surface area contributed by atoms with Gasteiger partial charge in [0.2, 0.25) is 0 Å². The number of rotatable bonds is 8. The number of carboxylic acids is 1.